The zero-order valence-electron chi connectivity index (χ0n) is 15.6. The first kappa shape index (κ1) is 21.4. The Labute approximate surface area is 179 Å². The van der Waals surface area contributed by atoms with Gasteiger partial charge in [0.1, 0.15) is 0 Å². The fraction of sp³-hybridized carbons (Fsp3) is 0.211. The van der Waals surface area contributed by atoms with Gasteiger partial charge in [0.05, 0.1) is 15.6 Å². The molecule has 0 atom stereocenters. The molecule has 0 fully saturated rings. The van der Waals surface area contributed by atoms with E-state index in [0.717, 1.165) is 25.2 Å². The molecule has 1 aliphatic rings. The summed E-state index contributed by atoms with van der Waals surface area (Å²) < 4.78 is 27.8. The van der Waals surface area contributed by atoms with E-state index in [1.54, 1.807) is 6.07 Å². The van der Waals surface area contributed by atoms with E-state index in [2.05, 4.69) is 20.5 Å². The standard InChI is InChI=1S/C19H20Cl2N4O3S/c1-25-9-7-15(8-10-25)22-23-19(26)13-3-2-4-16(11-13)29(27,28)24-18-12-14(20)5-6-17(18)21/h2-7,11-12,22,24H,8-10H2,1H3,(H,23,26). The second kappa shape index (κ2) is 9.04. The monoisotopic (exact) mass is 454 g/mol. The number of hydrogen-bond acceptors (Lipinski definition) is 5. The molecular weight excluding hydrogens is 435 g/mol. The minimum Gasteiger partial charge on any atom is -0.303 e. The van der Waals surface area contributed by atoms with Crippen molar-refractivity contribution in [2.75, 3.05) is 24.9 Å². The summed E-state index contributed by atoms with van der Waals surface area (Å²) in [6, 6.07) is 10.2. The third-order valence-electron chi connectivity index (χ3n) is 4.33. The Morgan fingerprint density at radius 2 is 1.93 bits per heavy atom. The summed E-state index contributed by atoms with van der Waals surface area (Å²) >= 11 is 11.9. The molecule has 2 aromatic rings. The lowest BCUT2D eigenvalue weighted by Crippen LogP contribution is -2.39. The molecule has 0 saturated heterocycles. The molecule has 0 spiro atoms. The highest BCUT2D eigenvalue weighted by Crippen LogP contribution is 2.28. The van der Waals surface area contributed by atoms with E-state index in [4.69, 9.17) is 23.2 Å². The van der Waals surface area contributed by atoms with E-state index < -0.39 is 15.9 Å². The lowest BCUT2D eigenvalue weighted by Gasteiger charge is -2.22. The number of sulfonamides is 1. The van der Waals surface area contributed by atoms with Gasteiger partial charge in [-0.3, -0.25) is 14.9 Å². The van der Waals surface area contributed by atoms with Gasteiger partial charge in [-0.2, -0.15) is 0 Å². The SMILES string of the molecule is CN1CC=C(NNC(=O)c2cccc(S(=O)(=O)Nc3cc(Cl)ccc3Cl)c2)CC1. The van der Waals surface area contributed by atoms with Gasteiger partial charge in [-0.15, -0.1) is 0 Å². The molecule has 1 aliphatic heterocycles. The van der Waals surface area contributed by atoms with Crippen LogP contribution >= 0.6 is 23.2 Å². The van der Waals surface area contributed by atoms with Gasteiger partial charge in [0.15, 0.2) is 0 Å². The molecule has 0 bridgehead atoms. The third kappa shape index (κ3) is 5.63. The van der Waals surface area contributed by atoms with Gasteiger partial charge in [0, 0.05) is 35.8 Å². The fourth-order valence-electron chi connectivity index (χ4n) is 2.68. The molecule has 0 unspecified atom stereocenters. The van der Waals surface area contributed by atoms with Gasteiger partial charge in [0.2, 0.25) is 0 Å². The van der Waals surface area contributed by atoms with Crippen molar-refractivity contribution in [1.82, 2.24) is 15.8 Å². The number of nitrogens with zero attached hydrogens (tertiary/aromatic N) is 1. The molecule has 3 rings (SSSR count). The van der Waals surface area contributed by atoms with E-state index in [0.29, 0.717) is 5.02 Å². The highest BCUT2D eigenvalue weighted by atomic mass is 35.5. The van der Waals surface area contributed by atoms with Crippen LogP contribution in [0.4, 0.5) is 5.69 Å². The number of nitrogens with one attached hydrogen (secondary N) is 3. The molecule has 7 nitrogen and oxygen atoms in total. The van der Waals surface area contributed by atoms with E-state index in [1.165, 1.54) is 36.4 Å². The van der Waals surface area contributed by atoms with Crippen molar-refractivity contribution in [3.05, 3.63) is 69.8 Å². The zero-order chi connectivity index (χ0) is 21.0. The number of hydrazine groups is 1. The highest BCUT2D eigenvalue weighted by Gasteiger charge is 2.18. The lowest BCUT2D eigenvalue weighted by molar-refractivity contribution is 0.0937. The molecule has 0 radical (unpaired) electrons. The van der Waals surface area contributed by atoms with Crippen molar-refractivity contribution in [1.29, 1.82) is 0 Å². The summed E-state index contributed by atoms with van der Waals surface area (Å²) in [5.74, 6) is -0.442. The van der Waals surface area contributed by atoms with Crippen molar-refractivity contribution in [2.24, 2.45) is 0 Å². The summed E-state index contributed by atoms with van der Waals surface area (Å²) in [5, 5.41) is 0.553. The van der Waals surface area contributed by atoms with Crippen LogP contribution in [0.5, 0.6) is 0 Å². The number of likely N-dealkylation sites (N-methyl/N-ethyl adjacent to an activating group) is 1. The lowest BCUT2D eigenvalue weighted by atomic mass is 10.2. The van der Waals surface area contributed by atoms with Crippen LogP contribution in [0.25, 0.3) is 0 Å². The predicted octanol–water partition coefficient (Wildman–Crippen LogP) is 3.25. The van der Waals surface area contributed by atoms with Gasteiger partial charge in [0.25, 0.3) is 15.9 Å². The van der Waals surface area contributed by atoms with Gasteiger partial charge in [-0.1, -0.05) is 29.3 Å². The number of rotatable bonds is 6. The molecule has 1 heterocycles. The molecule has 1 amide bonds. The van der Waals surface area contributed by atoms with Crippen LogP contribution in [0.15, 0.2) is 59.1 Å². The molecule has 2 aromatic carbocycles. The van der Waals surface area contributed by atoms with Gasteiger partial charge >= 0.3 is 0 Å². The summed E-state index contributed by atoms with van der Waals surface area (Å²) in [5.41, 5.74) is 6.76. The van der Waals surface area contributed by atoms with Crippen LogP contribution in [0.2, 0.25) is 10.0 Å². The highest BCUT2D eigenvalue weighted by molar-refractivity contribution is 7.92. The fourth-order valence-corrected chi connectivity index (χ4v) is 4.19. The average Bonchev–Trinajstić information content (AvgIpc) is 2.70. The van der Waals surface area contributed by atoms with Crippen LogP contribution in [0, 0.1) is 0 Å². The number of anilines is 1. The van der Waals surface area contributed by atoms with Crippen molar-refractivity contribution in [3.8, 4) is 0 Å². The minimum absolute atomic E-state index is 0.0697. The summed E-state index contributed by atoms with van der Waals surface area (Å²) in [4.78, 5) is 14.5. The molecule has 0 saturated carbocycles. The van der Waals surface area contributed by atoms with E-state index >= 15 is 0 Å². The number of halogens is 2. The third-order valence-corrected chi connectivity index (χ3v) is 6.26. The Morgan fingerprint density at radius 3 is 2.66 bits per heavy atom. The van der Waals surface area contributed by atoms with Gasteiger partial charge < -0.3 is 10.3 Å². The topological polar surface area (TPSA) is 90.5 Å². The van der Waals surface area contributed by atoms with Crippen molar-refractivity contribution in [3.63, 3.8) is 0 Å². The molecule has 29 heavy (non-hydrogen) atoms. The summed E-state index contributed by atoms with van der Waals surface area (Å²) in [7, 11) is -1.94. The van der Waals surface area contributed by atoms with Gasteiger partial charge in [-0.25, -0.2) is 8.42 Å². The Bertz CT molecular complexity index is 1060. The Morgan fingerprint density at radius 1 is 1.14 bits per heavy atom. The van der Waals surface area contributed by atoms with Crippen molar-refractivity contribution >= 4 is 44.8 Å². The smallest absolute Gasteiger partial charge is 0.269 e. The Hall–Kier alpha value is -2.26. The first-order valence-electron chi connectivity index (χ1n) is 8.76. The largest absolute Gasteiger partial charge is 0.303 e. The average molecular weight is 455 g/mol. The van der Waals surface area contributed by atoms with E-state index in [9.17, 15) is 13.2 Å². The van der Waals surface area contributed by atoms with E-state index in [1.807, 2.05) is 13.1 Å². The molecule has 3 N–H and O–H groups in total. The summed E-state index contributed by atoms with van der Waals surface area (Å²) in [6.45, 7) is 1.68. The van der Waals surface area contributed by atoms with Crippen LogP contribution in [0.1, 0.15) is 16.8 Å². The van der Waals surface area contributed by atoms with E-state index in [-0.39, 0.29) is 21.2 Å². The second-order valence-electron chi connectivity index (χ2n) is 6.58. The molecule has 10 heteroatoms. The number of carbonyl (C=O) groups excluding carboxylic acids is 1. The molecular formula is C19H20Cl2N4O3S. The van der Waals surface area contributed by atoms with Crippen LogP contribution < -0.4 is 15.6 Å². The molecule has 154 valence electrons. The first-order chi connectivity index (χ1) is 13.7. The Balaban J connectivity index is 1.72. The van der Waals surface area contributed by atoms with Crippen LogP contribution in [-0.4, -0.2) is 39.4 Å². The van der Waals surface area contributed by atoms with Gasteiger partial charge in [-0.05, 0) is 49.5 Å². The maximum absolute atomic E-state index is 12.7. The first-order valence-corrected chi connectivity index (χ1v) is 11.0. The zero-order valence-corrected chi connectivity index (χ0v) is 17.9. The number of amides is 1. The Kier molecular flexibility index (Phi) is 6.69. The molecule has 0 aromatic heterocycles. The quantitative estimate of drug-likeness (QED) is 0.582. The van der Waals surface area contributed by atoms with Crippen LogP contribution in [-0.2, 0) is 10.0 Å². The molecule has 0 aliphatic carbocycles. The number of benzene rings is 2. The van der Waals surface area contributed by atoms with Crippen LogP contribution in [0.3, 0.4) is 0 Å². The normalized spacial score (nSPS) is 14.8. The second-order valence-corrected chi connectivity index (χ2v) is 9.10. The maximum Gasteiger partial charge on any atom is 0.269 e. The van der Waals surface area contributed by atoms with Crippen molar-refractivity contribution in [2.45, 2.75) is 11.3 Å². The summed E-state index contributed by atoms with van der Waals surface area (Å²) in [6.07, 6.45) is 2.78. The minimum atomic E-state index is -3.96. The number of carbonyl (C=O) groups is 1. The maximum atomic E-state index is 12.7. The predicted molar refractivity (Wildman–Crippen MR) is 115 cm³/mol. The van der Waals surface area contributed by atoms with Crippen molar-refractivity contribution < 1.29 is 13.2 Å². The number of hydrogen-bond donors (Lipinski definition) is 3.